The third-order valence-corrected chi connectivity index (χ3v) is 11.6. The molecule has 0 atom stereocenters. The van der Waals surface area contributed by atoms with Crippen molar-refractivity contribution in [2.45, 2.75) is 49.4 Å². The van der Waals surface area contributed by atoms with Gasteiger partial charge in [-0.2, -0.15) is 127 Å². The zero-order chi connectivity index (χ0) is 56.8. The van der Waals surface area contributed by atoms with Gasteiger partial charge in [-0.1, -0.05) is 66.7 Å². The van der Waals surface area contributed by atoms with Crippen LogP contribution in [0.4, 0.5) is 105 Å². The fourth-order valence-corrected chi connectivity index (χ4v) is 8.39. The highest BCUT2D eigenvalue weighted by atomic mass is 19.4. The van der Waals surface area contributed by atoms with Crippen molar-refractivity contribution in [3.63, 3.8) is 0 Å². The fourth-order valence-electron chi connectivity index (χ4n) is 8.39. The van der Waals surface area contributed by atoms with Crippen molar-refractivity contribution >= 4 is 28.0 Å². The van der Waals surface area contributed by atoms with Crippen LogP contribution in [0.25, 0.3) is 0 Å². The lowest BCUT2D eigenvalue weighted by Crippen LogP contribution is -2.75. The number of alkyl halides is 24. The minimum absolute atomic E-state index is 0.691. The lowest BCUT2D eigenvalue weighted by molar-refractivity contribution is -0.144. The molecule has 0 radical (unpaired) electrons. The first kappa shape index (κ1) is 58.1. The summed E-state index contributed by atoms with van der Waals surface area (Å²) in [5.74, 6) is 1.28. The Hall–Kier alpha value is -7.21. The van der Waals surface area contributed by atoms with E-state index in [9.17, 15) is 105 Å². The van der Waals surface area contributed by atoms with Crippen LogP contribution in [0, 0.1) is 5.92 Å². The standard InChI is InChI=1S/C32H12BF24.C19H15/c34-25(35,36)13-1-14(26(37,38)39)6-21(5-13)33(22-7-15(27(40,41)42)2-16(8-22)28(43,44)45,23-9-17(29(46,47)48)3-18(10-23)30(49,50)51)24-11-19(31(52,53)54)4-20(12-24)32(55,56)57;1-4-10-16(11-5-1)19(17-12-6-2-7-13-17)18-14-8-3-9-15-18/h1-12H;1-15H/q-1;+1. The first-order valence-electron chi connectivity index (χ1n) is 21.1. The van der Waals surface area contributed by atoms with Gasteiger partial charge in [0, 0.05) is 0 Å². The Morgan fingerprint density at radius 1 is 0.211 bits per heavy atom. The summed E-state index contributed by atoms with van der Waals surface area (Å²) in [6.45, 7) is 0. The minimum Gasteiger partial charge on any atom is -0.194 e. The predicted molar refractivity (Wildman–Crippen MR) is 230 cm³/mol. The fraction of sp³-hybridized carbons (Fsp3) is 0.157. The summed E-state index contributed by atoms with van der Waals surface area (Å²) in [6.07, 6.45) is -54.8. The first-order valence-corrected chi connectivity index (χ1v) is 21.1. The van der Waals surface area contributed by atoms with Crippen molar-refractivity contribution in [1.82, 2.24) is 0 Å². The smallest absolute Gasteiger partial charge is 0.194 e. The molecule has 7 rings (SSSR count). The molecule has 402 valence electrons. The summed E-state index contributed by atoms with van der Waals surface area (Å²) in [6, 6.07) is 22.8. The van der Waals surface area contributed by atoms with Crippen LogP contribution < -0.4 is 21.9 Å². The number of hydrogen-bond donors (Lipinski definition) is 0. The van der Waals surface area contributed by atoms with Crippen LogP contribution in [-0.4, -0.2) is 6.15 Å². The Balaban J connectivity index is 0.000000408. The number of rotatable bonds is 7. The van der Waals surface area contributed by atoms with Crippen LogP contribution in [0.3, 0.4) is 0 Å². The van der Waals surface area contributed by atoms with Gasteiger partial charge in [-0.15, -0.1) is 0 Å². The van der Waals surface area contributed by atoms with Crippen molar-refractivity contribution in [3.8, 4) is 0 Å². The minimum atomic E-state index is -6.13. The number of benzene rings is 7. The zero-order valence-corrected chi connectivity index (χ0v) is 37.2. The van der Waals surface area contributed by atoms with Gasteiger partial charge in [0.05, 0.1) is 67.1 Å². The van der Waals surface area contributed by atoms with Gasteiger partial charge in [0.2, 0.25) is 0 Å². The van der Waals surface area contributed by atoms with Crippen LogP contribution in [-0.2, 0) is 49.4 Å². The molecule has 7 aromatic rings. The Bertz CT molecular complexity index is 2590. The maximum atomic E-state index is 14.2. The molecule has 0 saturated heterocycles. The molecular weight excluding hydrogens is 1080 g/mol. The number of halogens is 24. The van der Waals surface area contributed by atoms with E-state index in [1.54, 1.807) is 0 Å². The van der Waals surface area contributed by atoms with Crippen molar-refractivity contribution < 1.29 is 105 Å². The van der Waals surface area contributed by atoms with Gasteiger partial charge in [-0.3, -0.25) is 0 Å². The van der Waals surface area contributed by atoms with Gasteiger partial charge in [0.1, 0.15) is 6.15 Å². The van der Waals surface area contributed by atoms with Crippen LogP contribution in [0.2, 0.25) is 0 Å². The molecule has 0 N–H and O–H groups in total. The van der Waals surface area contributed by atoms with Crippen molar-refractivity contribution in [1.29, 1.82) is 0 Å². The Morgan fingerprint density at radius 3 is 0.487 bits per heavy atom. The van der Waals surface area contributed by atoms with E-state index in [1.165, 1.54) is 22.6 Å². The molecule has 0 aliphatic carbocycles. The predicted octanol–water partition coefficient (Wildman–Crippen LogP) is 15.9. The Kier molecular flexibility index (Phi) is 15.6. The third kappa shape index (κ3) is 13.1. The molecule has 0 nitrogen and oxygen atoms in total. The Morgan fingerprint density at radius 2 is 0.355 bits per heavy atom. The lowest BCUT2D eigenvalue weighted by atomic mass is 9.12. The quantitative estimate of drug-likeness (QED) is 0.0646. The second-order valence-electron chi connectivity index (χ2n) is 16.7. The van der Waals surface area contributed by atoms with E-state index in [4.69, 9.17) is 0 Å². The van der Waals surface area contributed by atoms with E-state index in [1.807, 2.05) is 0 Å². The molecule has 0 bridgehead atoms. The molecule has 0 aromatic heterocycles. The highest BCUT2D eigenvalue weighted by molar-refractivity contribution is 7.20. The summed E-state index contributed by atoms with van der Waals surface area (Å²) in [7, 11) is 0. The second-order valence-corrected chi connectivity index (χ2v) is 16.7. The monoisotopic (exact) mass is 1110 g/mol. The van der Waals surface area contributed by atoms with Gasteiger partial charge < -0.3 is 0 Å². The molecule has 7 aromatic carbocycles. The largest absolute Gasteiger partial charge is 0.416 e. The third-order valence-electron chi connectivity index (χ3n) is 11.6. The van der Waals surface area contributed by atoms with Crippen molar-refractivity contribution in [2.75, 3.05) is 0 Å². The maximum Gasteiger partial charge on any atom is 0.416 e. The lowest BCUT2D eigenvalue weighted by Gasteiger charge is -2.46. The van der Waals surface area contributed by atoms with Gasteiger partial charge in [0.25, 0.3) is 0 Å². The van der Waals surface area contributed by atoms with Crippen LogP contribution in [0.15, 0.2) is 164 Å². The van der Waals surface area contributed by atoms with E-state index in [-0.39, 0.29) is 0 Å². The van der Waals surface area contributed by atoms with E-state index in [0.717, 1.165) is 0 Å². The highest BCUT2D eigenvalue weighted by Crippen LogP contribution is 2.42. The first-order chi connectivity index (χ1) is 34.7. The summed E-state index contributed by atoms with van der Waals surface area (Å²) in [5, 5.41) is 0. The molecule has 25 heteroatoms. The SMILES string of the molecule is FC(F)(F)c1cc([B-](c2cc(C(F)(F)F)cc(C(F)(F)F)c2)(c2cc(C(F)(F)F)cc(C(F)(F)F)c2)c2cc(C(F)(F)F)cc(C(F)(F)F)c2)cc(C(F)(F)F)c1.c1ccc([C+](c2ccccc2)c2ccccc2)cc1. The molecule has 0 saturated carbocycles. The van der Waals surface area contributed by atoms with Crippen LogP contribution in [0.5, 0.6) is 0 Å². The van der Waals surface area contributed by atoms with Gasteiger partial charge in [-0.05, 0) is 97.1 Å². The van der Waals surface area contributed by atoms with Gasteiger partial charge in [0.15, 0.2) is 0 Å². The van der Waals surface area contributed by atoms with E-state index in [0.29, 0.717) is 0 Å². The molecule has 0 heterocycles. The summed E-state index contributed by atoms with van der Waals surface area (Å²) < 4.78 is 341. The maximum absolute atomic E-state index is 14.2. The summed E-state index contributed by atoms with van der Waals surface area (Å²) in [5.41, 5.74) is -26.5. The number of hydrogen-bond acceptors (Lipinski definition) is 0. The highest BCUT2D eigenvalue weighted by Gasteiger charge is 2.47. The summed E-state index contributed by atoms with van der Waals surface area (Å²) >= 11 is 0. The van der Waals surface area contributed by atoms with Crippen molar-refractivity contribution in [3.05, 3.63) is 231 Å². The normalized spacial score (nSPS) is 13.3. The Labute approximate surface area is 413 Å². The molecule has 0 amide bonds. The average Bonchev–Trinajstić information content (AvgIpc) is 3.31. The van der Waals surface area contributed by atoms with Gasteiger partial charge in [-0.25, -0.2) is 0 Å². The average molecular weight is 1110 g/mol. The zero-order valence-electron chi connectivity index (χ0n) is 37.2. The molecule has 0 fully saturated rings. The van der Waals surface area contributed by atoms with Crippen LogP contribution in [0.1, 0.15) is 61.2 Å². The van der Waals surface area contributed by atoms with Crippen LogP contribution >= 0.6 is 0 Å². The second kappa shape index (κ2) is 20.4. The molecular formula is C51H27BF24. The van der Waals surface area contributed by atoms with E-state index >= 15 is 0 Å². The van der Waals surface area contributed by atoms with E-state index < -0.39 is 195 Å². The molecule has 76 heavy (non-hydrogen) atoms. The molecule has 0 aliphatic heterocycles. The molecule has 0 aliphatic rings. The molecule has 0 spiro atoms. The van der Waals surface area contributed by atoms with E-state index in [2.05, 4.69) is 91.0 Å². The topological polar surface area (TPSA) is 0 Å². The summed E-state index contributed by atoms with van der Waals surface area (Å²) in [4.78, 5) is 0. The van der Waals surface area contributed by atoms with Crippen molar-refractivity contribution in [2.24, 2.45) is 0 Å². The van der Waals surface area contributed by atoms with Gasteiger partial charge >= 0.3 is 49.4 Å². The molecule has 0 unspecified atom stereocenters.